The molecule has 3 aromatic rings. The molecule has 1 N–H and O–H groups in total. The van der Waals surface area contributed by atoms with Crippen LogP contribution in [0, 0.1) is 35.4 Å². The molecule has 2 heterocycles. The lowest BCUT2D eigenvalue weighted by molar-refractivity contribution is -0.129. The fourth-order valence-electron chi connectivity index (χ4n) is 4.26. The second-order valence-corrected chi connectivity index (χ2v) is 10.7. The van der Waals surface area contributed by atoms with E-state index in [1.807, 2.05) is 6.07 Å². The van der Waals surface area contributed by atoms with Crippen molar-refractivity contribution in [1.29, 1.82) is 10.5 Å². The van der Waals surface area contributed by atoms with Crippen molar-refractivity contribution in [2.75, 3.05) is 13.7 Å². The van der Waals surface area contributed by atoms with E-state index in [-0.39, 0.29) is 40.7 Å². The molecule has 0 aliphatic carbocycles. The number of carbonyl (C=O) groups is 1. The third-order valence-electron chi connectivity index (χ3n) is 6.27. The predicted molar refractivity (Wildman–Crippen MR) is 144 cm³/mol. The summed E-state index contributed by atoms with van der Waals surface area (Å²) in [6.45, 7) is 7.82. The largest absolute Gasteiger partial charge is 0.496 e. The fourth-order valence-corrected chi connectivity index (χ4v) is 5.36. The number of thiophene rings is 1. The average molecular weight is 556 g/mol. The first-order valence-electron chi connectivity index (χ1n) is 12.2. The van der Waals surface area contributed by atoms with Gasteiger partial charge >= 0.3 is 5.69 Å². The number of nitrogens with zero attached hydrogens (tertiary/aromatic N) is 4. The third kappa shape index (κ3) is 5.72. The molecular formula is C27H30FN5O5S. The molecular weight excluding hydrogens is 525 g/mol. The summed E-state index contributed by atoms with van der Waals surface area (Å²) in [7, 11) is 1.41. The monoisotopic (exact) mass is 555 g/mol. The normalized spacial score (nSPS) is 12.3. The van der Waals surface area contributed by atoms with Crippen LogP contribution in [-0.2, 0) is 21.6 Å². The maximum absolute atomic E-state index is 14.3. The van der Waals surface area contributed by atoms with Crippen LogP contribution < -0.4 is 21.3 Å². The number of benzene rings is 1. The van der Waals surface area contributed by atoms with Gasteiger partial charge in [-0.15, -0.1) is 11.3 Å². The summed E-state index contributed by atoms with van der Waals surface area (Å²) in [6.07, 6.45) is -0.937. The number of rotatable bonds is 10. The third-order valence-corrected chi connectivity index (χ3v) is 7.49. The first-order chi connectivity index (χ1) is 18.4. The van der Waals surface area contributed by atoms with Gasteiger partial charge in [0.25, 0.3) is 5.56 Å². The SMILES string of the molecule is COc1ccc(F)cc1C(Cn1c(=O)n(C(C)(C)C(=O)NC(C)C)c(=O)c2c(C)c(C#N)sc21)OCCC#N. The van der Waals surface area contributed by atoms with Crippen LogP contribution >= 0.6 is 11.3 Å². The van der Waals surface area contributed by atoms with Crippen LogP contribution in [-0.4, -0.2) is 34.8 Å². The second kappa shape index (κ2) is 11.8. The molecule has 0 bridgehead atoms. The standard InChI is InChI=1S/C27H30FN5O5S/c1-15(2)31-25(35)27(4,5)33-23(34)22-16(3)21(13-30)39-24(22)32(26(33)36)14-20(38-11-7-10-29)18-12-17(28)8-9-19(18)37-6/h8-9,12,15,20H,7,11,14H2,1-6H3,(H,31,35). The Bertz CT molecular complexity index is 1610. The molecule has 0 spiro atoms. The smallest absolute Gasteiger partial charge is 0.333 e. The van der Waals surface area contributed by atoms with E-state index in [2.05, 4.69) is 11.4 Å². The molecule has 39 heavy (non-hydrogen) atoms. The summed E-state index contributed by atoms with van der Waals surface area (Å²) < 4.78 is 27.8. The molecule has 1 aromatic carbocycles. The van der Waals surface area contributed by atoms with Crippen LogP contribution in [0.4, 0.5) is 4.39 Å². The molecule has 12 heteroatoms. The van der Waals surface area contributed by atoms with Crippen LogP contribution in [0.2, 0.25) is 0 Å². The molecule has 3 rings (SSSR count). The molecule has 1 amide bonds. The Balaban J connectivity index is 2.35. The van der Waals surface area contributed by atoms with E-state index in [0.717, 1.165) is 15.9 Å². The lowest BCUT2D eigenvalue weighted by atomic mass is 10.0. The van der Waals surface area contributed by atoms with Crippen molar-refractivity contribution >= 4 is 27.5 Å². The maximum atomic E-state index is 14.3. The first-order valence-corrected chi connectivity index (χ1v) is 13.0. The van der Waals surface area contributed by atoms with Crippen molar-refractivity contribution in [3.63, 3.8) is 0 Å². The van der Waals surface area contributed by atoms with Gasteiger partial charge in [-0.3, -0.25) is 14.2 Å². The lowest BCUT2D eigenvalue weighted by Crippen LogP contribution is -2.56. The van der Waals surface area contributed by atoms with Gasteiger partial charge in [-0.2, -0.15) is 10.5 Å². The minimum atomic E-state index is -1.59. The van der Waals surface area contributed by atoms with Crippen molar-refractivity contribution in [3.05, 3.63) is 60.9 Å². The van der Waals surface area contributed by atoms with E-state index in [9.17, 15) is 24.0 Å². The zero-order valence-corrected chi connectivity index (χ0v) is 23.4. The number of nitrogens with one attached hydrogen (secondary N) is 1. The lowest BCUT2D eigenvalue weighted by Gasteiger charge is -2.28. The Morgan fingerprint density at radius 2 is 1.95 bits per heavy atom. The highest BCUT2D eigenvalue weighted by molar-refractivity contribution is 7.19. The topological polar surface area (TPSA) is 139 Å². The molecule has 206 valence electrons. The Morgan fingerprint density at radius 3 is 2.54 bits per heavy atom. The van der Waals surface area contributed by atoms with Crippen LogP contribution in [0.5, 0.6) is 5.75 Å². The minimum Gasteiger partial charge on any atom is -0.496 e. The Kier molecular flexibility index (Phi) is 8.95. The van der Waals surface area contributed by atoms with Gasteiger partial charge in [-0.25, -0.2) is 13.8 Å². The number of aryl methyl sites for hydroxylation is 1. The number of methoxy groups -OCH3 is 1. The molecule has 10 nitrogen and oxygen atoms in total. The van der Waals surface area contributed by atoms with E-state index in [1.165, 1.54) is 43.7 Å². The van der Waals surface area contributed by atoms with Gasteiger partial charge in [0.2, 0.25) is 5.91 Å². The van der Waals surface area contributed by atoms with Gasteiger partial charge in [0.1, 0.15) is 39.0 Å². The zero-order valence-electron chi connectivity index (χ0n) is 22.6. The van der Waals surface area contributed by atoms with E-state index in [0.29, 0.717) is 16.9 Å². The highest BCUT2D eigenvalue weighted by atomic mass is 32.1. The minimum absolute atomic E-state index is 0.0203. The summed E-state index contributed by atoms with van der Waals surface area (Å²) in [5.41, 5.74) is -2.42. The summed E-state index contributed by atoms with van der Waals surface area (Å²) in [5, 5.41) is 21.6. The van der Waals surface area contributed by atoms with Crippen molar-refractivity contribution < 1.29 is 18.7 Å². The number of carbonyl (C=O) groups excluding carboxylic acids is 1. The van der Waals surface area contributed by atoms with E-state index < -0.39 is 34.6 Å². The van der Waals surface area contributed by atoms with Crippen molar-refractivity contribution in [2.24, 2.45) is 0 Å². The molecule has 0 saturated carbocycles. The molecule has 0 saturated heterocycles. The van der Waals surface area contributed by atoms with Gasteiger partial charge in [0.05, 0.1) is 38.1 Å². The van der Waals surface area contributed by atoms with Crippen LogP contribution in [0.15, 0.2) is 27.8 Å². The Hall–Kier alpha value is -4.00. The maximum Gasteiger partial charge on any atom is 0.333 e. The van der Waals surface area contributed by atoms with Crippen LogP contribution in [0.25, 0.3) is 10.2 Å². The van der Waals surface area contributed by atoms with Crippen LogP contribution in [0.3, 0.4) is 0 Å². The Labute approximate surface area is 228 Å². The van der Waals surface area contributed by atoms with Gasteiger partial charge in [-0.05, 0) is 58.4 Å². The summed E-state index contributed by atoms with van der Waals surface area (Å²) >= 11 is 0.971. The zero-order chi connectivity index (χ0) is 29.1. The number of hydrogen-bond donors (Lipinski definition) is 1. The highest BCUT2D eigenvalue weighted by Crippen LogP contribution is 2.33. The number of nitriles is 2. The van der Waals surface area contributed by atoms with Gasteiger partial charge in [-0.1, -0.05) is 0 Å². The molecule has 0 radical (unpaired) electrons. The van der Waals surface area contributed by atoms with Crippen molar-refractivity contribution in [2.45, 2.75) is 65.3 Å². The number of ether oxygens (including phenoxy) is 2. The first kappa shape index (κ1) is 29.6. The number of fused-ring (bicyclic) bond motifs is 1. The van der Waals surface area contributed by atoms with Gasteiger partial charge < -0.3 is 14.8 Å². The van der Waals surface area contributed by atoms with Crippen molar-refractivity contribution in [1.82, 2.24) is 14.5 Å². The van der Waals surface area contributed by atoms with Crippen LogP contribution in [0.1, 0.15) is 56.2 Å². The van der Waals surface area contributed by atoms with Gasteiger partial charge in [0, 0.05) is 11.6 Å². The fraction of sp³-hybridized carbons (Fsp3) is 0.444. The molecule has 0 aliphatic heterocycles. The predicted octanol–water partition coefficient (Wildman–Crippen LogP) is 3.48. The quantitative estimate of drug-likeness (QED) is 0.378. The average Bonchev–Trinajstić information content (AvgIpc) is 3.21. The molecule has 1 unspecified atom stereocenters. The van der Waals surface area contributed by atoms with Gasteiger partial charge in [0.15, 0.2) is 0 Å². The summed E-state index contributed by atoms with van der Waals surface area (Å²) in [6, 6.07) is 7.65. The number of amides is 1. The van der Waals surface area contributed by atoms with E-state index >= 15 is 0 Å². The summed E-state index contributed by atoms with van der Waals surface area (Å²) in [5.74, 6) is -0.801. The van der Waals surface area contributed by atoms with E-state index in [4.69, 9.17) is 14.7 Å². The van der Waals surface area contributed by atoms with E-state index in [1.54, 1.807) is 20.8 Å². The molecule has 0 aliphatic rings. The highest BCUT2D eigenvalue weighted by Gasteiger charge is 2.36. The summed E-state index contributed by atoms with van der Waals surface area (Å²) in [4.78, 5) is 41.3. The molecule has 1 atom stereocenters. The number of hydrogen-bond acceptors (Lipinski definition) is 8. The number of aromatic nitrogens is 2. The molecule has 2 aromatic heterocycles. The Morgan fingerprint density at radius 1 is 1.26 bits per heavy atom. The van der Waals surface area contributed by atoms with Crippen molar-refractivity contribution in [3.8, 4) is 17.9 Å². The number of halogens is 1. The second-order valence-electron chi connectivity index (χ2n) is 9.72. The molecule has 0 fully saturated rings.